The number of ether oxygens (including phenoxy) is 2. The summed E-state index contributed by atoms with van der Waals surface area (Å²) in [5.41, 5.74) is 3.30. The predicted octanol–water partition coefficient (Wildman–Crippen LogP) is 4.38. The van der Waals surface area contributed by atoms with Gasteiger partial charge in [0.25, 0.3) is 5.91 Å². The minimum absolute atomic E-state index is 0.170. The maximum atomic E-state index is 12.7. The third-order valence-corrected chi connectivity index (χ3v) is 5.57. The fraction of sp³-hybridized carbons (Fsp3) is 0.231. The van der Waals surface area contributed by atoms with Gasteiger partial charge in [-0.3, -0.25) is 4.79 Å². The van der Waals surface area contributed by atoms with E-state index in [0.29, 0.717) is 13.1 Å². The van der Waals surface area contributed by atoms with E-state index in [1.54, 1.807) is 25.0 Å². The molecule has 1 heterocycles. The molecule has 1 aliphatic heterocycles. The monoisotopic (exact) mass is 415 g/mol. The van der Waals surface area contributed by atoms with E-state index in [-0.39, 0.29) is 5.91 Å². The van der Waals surface area contributed by atoms with Crippen molar-refractivity contribution in [2.75, 3.05) is 13.7 Å². The summed E-state index contributed by atoms with van der Waals surface area (Å²) in [7, 11) is 1.64. The summed E-state index contributed by atoms with van der Waals surface area (Å²) in [5, 5.41) is 2.10. The summed E-state index contributed by atoms with van der Waals surface area (Å²) in [5.74, 6) is 0.0965. The van der Waals surface area contributed by atoms with Gasteiger partial charge in [0.15, 0.2) is 6.10 Å². The fourth-order valence-corrected chi connectivity index (χ4v) is 3.84. The van der Waals surface area contributed by atoms with Crippen LogP contribution < -0.4 is 4.74 Å². The van der Waals surface area contributed by atoms with E-state index in [2.05, 4.69) is 6.07 Å². The molecule has 0 aliphatic carbocycles. The van der Waals surface area contributed by atoms with Gasteiger partial charge in [0.05, 0.1) is 7.11 Å². The highest BCUT2D eigenvalue weighted by Crippen LogP contribution is 2.23. The molecule has 1 aliphatic rings. The van der Waals surface area contributed by atoms with Gasteiger partial charge in [-0.25, -0.2) is 4.79 Å². The predicted molar refractivity (Wildman–Crippen MR) is 121 cm³/mol. The molecule has 0 fully saturated rings. The Bertz CT molecular complexity index is 1150. The SMILES string of the molecule is COc1ccc2cc(/C=C/C(=O)O[C@H](C)C(=O)N3CCc4ccccc4C3)ccc2c1. The van der Waals surface area contributed by atoms with E-state index < -0.39 is 12.1 Å². The average molecular weight is 415 g/mol. The Morgan fingerprint density at radius 2 is 1.74 bits per heavy atom. The molecule has 158 valence electrons. The zero-order valence-electron chi connectivity index (χ0n) is 17.7. The largest absolute Gasteiger partial charge is 0.497 e. The van der Waals surface area contributed by atoms with Crippen LogP contribution in [0.4, 0.5) is 0 Å². The quantitative estimate of drug-likeness (QED) is 0.458. The molecule has 5 heteroatoms. The summed E-state index contributed by atoms with van der Waals surface area (Å²) >= 11 is 0. The molecule has 31 heavy (non-hydrogen) atoms. The highest BCUT2D eigenvalue weighted by molar-refractivity contribution is 5.92. The fourth-order valence-electron chi connectivity index (χ4n) is 3.84. The van der Waals surface area contributed by atoms with Crippen LogP contribution in [0.2, 0.25) is 0 Å². The van der Waals surface area contributed by atoms with Crippen LogP contribution in [-0.2, 0) is 27.3 Å². The summed E-state index contributed by atoms with van der Waals surface area (Å²) < 4.78 is 10.6. The van der Waals surface area contributed by atoms with Crippen LogP contribution in [0.25, 0.3) is 16.8 Å². The van der Waals surface area contributed by atoms with E-state index in [9.17, 15) is 9.59 Å². The van der Waals surface area contributed by atoms with Gasteiger partial charge in [-0.1, -0.05) is 42.5 Å². The molecule has 0 unspecified atom stereocenters. The van der Waals surface area contributed by atoms with E-state index in [1.165, 1.54) is 11.6 Å². The molecular formula is C26H25NO4. The first-order chi connectivity index (χ1) is 15.0. The highest BCUT2D eigenvalue weighted by Gasteiger charge is 2.26. The molecule has 1 amide bonds. The Labute approximate surface area is 181 Å². The molecular weight excluding hydrogens is 390 g/mol. The van der Waals surface area contributed by atoms with E-state index in [0.717, 1.165) is 34.1 Å². The van der Waals surface area contributed by atoms with Crippen molar-refractivity contribution in [3.63, 3.8) is 0 Å². The van der Waals surface area contributed by atoms with Crippen LogP contribution in [0.3, 0.4) is 0 Å². The normalized spacial score (nSPS) is 14.3. The Morgan fingerprint density at radius 1 is 1.00 bits per heavy atom. The molecule has 0 aromatic heterocycles. The number of hydrogen-bond acceptors (Lipinski definition) is 4. The Kier molecular flexibility index (Phi) is 6.03. The van der Waals surface area contributed by atoms with Crippen LogP contribution in [0.1, 0.15) is 23.6 Å². The molecule has 4 rings (SSSR count). The first kappa shape index (κ1) is 20.7. The lowest BCUT2D eigenvalue weighted by Gasteiger charge is -2.30. The van der Waals surface area contributed by atoms with Crippen LogP contribution in [0.5, 0.6) is 5.75 Å². The summed E-state index contributed by atoms with van der Waals surface area (Å²) in [6.45, 7) is 2.81. The first-order valence-electron chi connectivity index (χ1n) is 10.4. The highest BCUT2D eigenvalue weighted by atomic mass is 16.5. The minimum Gasteiger partial charge on any atom is -0.497 e. The lowest BCUT2D eigenvalue weighted by molar-refractivity contribution is -0.155. The number of fused-ring (bicyclic) bond motifs is 2. The number of amides is 1. The average Bonchev–Trinajstić information content (AvgIpc) is 2.81. The van der Waals surface area contributed by atoms with Gasteiger partial charge < -0.3 is 14.4 Å². The zero-order valence-corrected chi connectivity index (χ0v) is 17.7. The van der Waals surface area contributed by atoms with Crippen molar-refractivity contribution in [1.82, 2.24) is 4.90 Å². The molecule has 0 N–H and O–H groups in total. The van der Waals surface area contributed by atoms with Gasteiger partial charge in [-0.05, 0) is 65.1 Å². The van der Waals surface area contributed by atoms with Gasteiger partial charge in [0.2, 0.25) is 0 Å². The number of esters is 1. The lowest BCUT2D eigenvalue weighted by Crippen LogP contribution is -2.42. The minimum atomic E-state index is -0.827. The molecule has 0 radical (unpaired) electrons. The molecule has 3 aromatic carbocycles. The molecule has 0 spiro atoms. The smallest absolute Gasteiger partial charge is 0.331 e. The topological polar surface area (TPSA) is 55.8 Å². The van der Waals surface area contributed by atoms with Crippen molar-refractivity contribution in [2.45, 2.75) is 26.0 Å². The van der Waals surface area contributed by atoms with Crippen LogP contribution in [-0.4, -0.2) is 36.5 Å². The molecule has 0 saturated heterocycles. The van der Waals surface area contributed by atoms with Crippen molar-refractivity contribution in [3.05, 3.63) is 83.4 Å². The van der Waals surface area contributed by atoms with Crippen LogP contribution in [0, 0.1) is 0 Å². The number of benzene rings is 3. The lowest BCUT2D eigenvalue weighted by atomic mass is 9.99. The number of carbonyl (C=O) groups excluding carboxylic acids is 2. The van der Waals surface area contributed by atoms with Crippen molar-refractivity contribution in [2.24, 2.45) is 0 Å². The Morgan fingerprint density at radius 3 is 2.55 bits per heavy atom. The maximum absolute atomic E-state index is 12.7. The van der Waals surface area contributed by atoms with Gasteiger partial charge in [-0.2, -0.15) is 0 Å². The van der Waals surface area contributed by atoms with Crippen molar-refractivity contribution >= 4 is 28.7 Å². The van der Waals surface area contributed by atoms with E-state index in [1.807, 2.05) is 54.6 Å². The number of hydrogen-bond donors (Lipinski definition) is 0. The zero-order chi connectivity index (χ0) is 21.8. The Balaban J connectivity index is 1.36. The molecule has 0 saturated carbocycles. The summed E-state index contributed by atoms with van der Waals surface area (Å²) in [6, 6.07) is 19.8. The number of methoxy groups -OCH3 is 1. The number of rotatable bonds is 5. The second-order valence-electron chi connectivity index (χ2n) is 7.66. The second kappa shape index (κ2) is 9.04. The van der Waals surface area contributed by atoms with Crippen LogP contribution in [0.15, 0.2) is 66.7 Å². The van der Waals surface area contributed by atoms with Gasteiger partial charge in [0, 0.05) is 19.2 Å². The van der Waals surface area contributed by atoms with Crippen molar-refractivity contribution in [3.8, 4) is 5.75 Å². The van der Waals surface area contributed by atoms with E-state index >= 15 is 0 Å². The maximum Gasteiger partial charge on any atom is 0.331 e. The molecule has 5 nitrogen and oxygen atoms in total. The Hall–Kier alpha value is -3.60. The summed E-state index contributed by atoms with van der Waals surface area (Å²) in [4.78, 5) is 26.7. The summed E-state index contributed by atoms with van der Waals surface area (Å²) in [6.07, 6.45) is 3.04. The molecule has 0 bridgehead atoms. The van der Waals surface area contributed by atoms with Crippen LogP contribution >= 0.6 is 0 Å². The third kappa shape index (κ3) is 4.77. The second-order valence-corrected chi connectivity index (χ2v) is 7.66. The number of nitrogens with zero attached hydrogens (tertiary/aromatic N) is 1. The third-order valence-electron chi connectivity index (χ3n) is 5.57. The van der Waals surface area contributed by atoms with Gasteiger partial charge in [0.1, 0.15) is 5.75 Å². The van der Waals surface area contributed by atoms with E-state index in [4.69, 9.17) is 9.47 Å². The molecule has 3 aromatic rings. The van der Waals surface area contributed by atoms with Crippen molar-refractivity contribution in [1.29, 1.82) is 0 Å². The number of carbonyl (C=O) groups is 2. The standard InChI is InChI=1S/C26H25NO4/c1-18(26(29)27-14-13-20-5-3-4-6-23(20)17-27)31-25(28)12-8-19-7-9-22-16-24(30-2)11-10-21(22)15-19/h3-12,15-16,18H,13-14,17H2,1-2H3/b12-8+/t18-/m1/s1. The first-order valence-corrected chi connectivity index (χ1v) is 10.4. The van der Waals surface area contributed by atoms with Gasteiger partial charge >= 0.3 is 5.97 Å². The van der Waals surface area contributed by atoms with Gasteiger partial charge in [-0.15, -0.1) is 0 Å². The van der Waals surface area contributed by atoms with Crippen molar-refractivity contribution < 1.29 is 19.1 Å². The molecule has 1 atom stereocenters.